The van der Waals surface area contributed by atoms with E-state index in [2.05, 4.69) is 51.6 Å². The zero-order valence-corrected chi connectivity index (χ0v) is 36.0. The highest BCUT2D eigenvalue weighted by Crippen LogP contribution is 2.25. The van der Waals surface area contributed by atoms with Gasteiger partial charge in [-0.15, -0.1) is 0 Å². The molecule has 2 atom stereocenters. The summed E-state index contributed by atoms with van der Waals surface area (Å²) in [6.07, 6.45) is 36.1. The second kappa shape index (κ2) is 36.9. The lowest BCUT2D eigenvalue weighted by Crippen LogP contribution is -2.41. The second-order valence-electron chi connectivity index (χ2n) is 16.6. The molecule has 1 amide bonds. The Kier molecular flexibility index (Phi) is 36.2. The van der Waals surface area contributed by atoms with Gasteiger partial charge in [0.15, 0.2) is 12.0 Å². The van der Waals surface area contributed by atoms with Gasteiger partial charge in [-0.05, 0) is 72.0 Å². The highest BCUT2D eigenvalue weighted by Gasteiger charge is 2.30. The first kappa shape index (κ1) is 51.0. The van der Waals surface area contributed by atoms with Crippen LogP contribution >= 0.6 is 0 Å². The molecular formula is C46H91FN2O3. The molecule has 0 aliphatic rings. The maximum atomic E-state index is 15.6. The smallest absolute Gasteiger partial charge is 0.222 e. The van der Waals surface area contributed by atoms with Crippen molar-refractivity contribution in [1.29, 1.82) is 0 Å². The fraction of sp³-hybridized carbons (Fsp3) is 0.957. The molecule has 5 nitrogen and oxygen atoms in total. The SMILES string of the molecule is CCCCCCCCCCN(C(=O)CCCN(C)C)C(CCCCCCCCC)CCCCCCC(F)(C=O)COC(CCCCC)CCCCC. The highest BCUT2D eigenvalue weighted by molar-refractivity contribution is 5.76. The predicted octanol–water partition coefficient (Wildman–Crippen LogP) is 13.6. The Bertz CT molecular complexity index is 771. The summed E-state index contributed by atoms with van der Waals surface area (Å²) in [6, 6.07) is 0.299. The molecule has 0 aromatic rings. The van der Waals surface area contributed by atoms with E-state index in [1.54, 1.807) is 0 Å². The minimum atomic E-state index is -1.89. The molecule has 52 heavy (non-hydrogen) atoms. The van der Waals surface area contributed by atoms with Gasteiger partial charge < -0.3 is 14.5 Å². The van der Waals surface area contributed by atoms with Gasteiger partial charge in [0.05, 0.1) is 12.7 Å². The maximum Gasteiger partial charge on any atom is 0.222 e. The quantitative estimate of drug-likeness (QED) is 0.0463. The van der Waals surface area contributed by atoms with Crippen LogP contribution in [0.25, 0.3) is 0 Å². The maximum absolute atomic E-state index is 15.6. The van der Waals surface area contributed by atoms with Crippen molar-refractivity contribution >= 4 is 12.2 Å². The Morgan fingerprint density at radius 2 is 1.00 bits per heavy atom. The average Bonchev–Trinajstić information content (AvgIpc) is 3.13. The van der Waals surface area contributed by atoms with Crippen LogP contribution in [0.1, 0.15) is 233 Å². The molecule has 0 saturated heterocycles. The molecule has 0 fully saturated rings. The molecule has 310 valence electrons. The third kappa shape index (κ3) is 30.3. The van der Waals surface area contributed by atoms with Crippen LogP contribution in [0.3, 0.4) is 0 Å². The number of carbonyl (C=O) groups is 2. The normalized spacial score (nSPS) is 13.6. The van der Waals surface area contributed by atoms with E-state index in [4.69, 9.17) is 4.74 Å². The van der Waals surface area contributed by atoms with Crippen LogP contribution in [-0.4, -0.2) is 73.6 Å². The molecule has 2 unspecified atom stereocenters. The number of ether oxygens (including phenoxy) is 1. The summed E-state index contributed by atoms with van der Waals surface area (Å²) in [4.78, 5) is 30.1. The molecule has 0 N–H and O–H groups in total. The van der Waals surface area contributed by atoms with Crippen molar-refractivity contribution in [2.45, 2.75) is 251 Å². The summed E-state index contributed by atoms with van der Waals surface area (Å²) in [7, 11) is 4.17. The van der Waals surface area contributed by atoms with Crippen molar-refractivity contribution in [2.75, 3.05) is 33.8 Å². The van der Waals surface area contributed by atoms with Gasteiger partial charge in [0.25, 0.3) is 0 Å². The second-order valence-corrected chi connectivity index (χ2v) is 16.6. The Morgan fingerprint density at radius 1 is 0.577 bits per heavy atom. The van der Waals surface area contributed by atoms with E-state index in [1.165, 1.54) is 103 Å². The van der Waals surface area contributed by atoms with Crippen LogP contribution < -0.4 is 0 Å². The summed E-state index contributed by atoms with van der Waals surface area (Å²) >= 11 is 0. The molecule has 0 radical (unpaired) electrons. The van der Waals surface area contributed by atoms with Gasteiger partial charge >= 0.3 is 0 Å². The van der Waals surface area contributed by atoms with Gasteiger partial charge in [0, 0.05) is 19.0 Å². The first-order valence-corrected chi connectivity index (χ1v) is 23.0. The van der Waals surface area contributed by atoms with Crippen molar-refractivity contribution in [3.05, 3.63) is 0 Å². The van der Waals surface area contributed by atoms with Crippen LogP contribution in [0.4, 0.5) is 4.39 Å². The Hall–Kier alpha value is -1.01. The fourth-order valence-electron chi connectivity index (χ4n) is 7.54. The Morgan fingerprint density at radius 3 is 1.48 bits per heavy atom. The molecule has 0 bridgehead atoms. The van der Waals surface area contributed by atoms with E-state index in [1.807, 2.05) is 0 Å². The molecule has 0 aromatic heterocycles. The van der Waals surface area contributed by atoms with Gasteiger partial charge in [-0.25, -0.2) is 4.39 Å². The molecule has 0 saturated carbocycles. The first-order valence-electron chi connectivity index (χ1n) is 23.0. The molecule has 0 aliphatic heterocycles. The van der Waals surface area contributed by atoms with E-state index in [-0.39, 0.29) is 19.1 Å². The Labute approximate surface area is 324 Å². The summed E-state index contributed by atoms with van der Waals surface area (Å²) in [5, 5.41) is 0. The zero-order valence-electron chi connectivity index (χ0n) is 36.0. The minimum Gasteiger partial charge on any atom is -0.374 e. The monoisotopic (exact) mass is 739 g/mol. The van der Waals surface area contributed by atoms with Gasteiger partial charge in [-0.2, -0.15) is 0 Å². The van der Waals surface area contributed by atoms with Crippen molar-refractivity contribution in [1.82, 2.24) is 9.80 Å². The fourth-order valence-corrected chi connectivity index (χ4v) is 7.54. The van der Waals surface area contributed by atoms with Crippen LogP contribution in [-0.2, 0) is 14.3 Å². The number of unbranched alkanes of at least 4 members (excludes halogenated alkanes) is 20. The van der Waals surface area contributed by atoms with Crippen molar-refractivity contribution < 1.29 is 18.7 Å². The average molecular weight is 739 g/mol. The summed E-state index contributed by atoms with van der Waals surface area (Å²) < 4.78 is 21.7. The zero-order chi connectivity index (χ0) is 38.5. The third-order valence-electron chi connectivity index (χ3n) is 11.1. The van der Waals surface area contributed by atoms with Crippen molar-refractivity contribution in [3.63, 3.8) is 0 Å². The van der Waals surface area contributed by atoms with E-state index >= 15 is 4.39 Å². The Balaban J connectivity index is 5.20. The number of alkyl halides is 1. The molecule has 0 aliphatic carbocycles. The molecule has 0 rings (SSSR count). The van der Waals surface area contributed by atoms with E-state index in [0.29, 0.717) is 31.1 Å². The summed E-state index contributed by atoms with van der Waals surface area (Å²) in [6.45, 7) is 10.7. The lowest BCUT2D eigenvalue weighted by atomic mass is 9.96. The van der Waals surface area contributed by atoms with Crippen molar-refractivity contribution in [2.24, 2.45) is 0 Å². The lowest BCUT2D eigenvalue weighted by molar-refractivity contribution is -0.134. The van der Waals surface area contributed by atoms with E-state index in [0.717, 1.165) is 96.6 Å². The standard InChI is InChI=1S/C46H91FN2O3/c1-7-11-15-17-19-21-25-31-40-49(45(51)37-32-39-48(5)6)43(33-28-22-20-18-16-12-8-2)34-29-23-24-30-38-46(47,41-50)42-52-44(35-26-13-9-3)36-27-14-10-4/h41,43-44H,7-40,42H2,1-6H3. The van der Waals surface area contributed by atoms with Gasteiger partial charge in [0.1, 0.15) is 0 Å². The van der Waals surface area contributed by atoms with E-state index < -0.39 is 5.67 Å². The summed E-state index contributed by atoms with van der Waals surface area (Å²) in [5.41, 5.74) is -1.89. The van der Waals surface area contributed by atoms with Crippen LogP contribution in [0.15, 0.2) is 0 Å². The molecule has 0 aromatic carbocycles. The number of carbonyl (C=O) groups excluding carboxylic acids is 2. The summed E-state index contributed by atoms with van der Waals surface area (Å²) in [5.74, 6) is 0.341. The van der Waals surface area contributed by atoms with Crippen LogP contribution in [0, 0.1) is 0 Å². The first-order chi connectivity index (χ1) is 25.3. The third-order valence-corrected chi connectivity index (χ3v) is 11.1. The van der Waals surface area contributed by atoms with Crippen molar-refractivity contribution in [3.8, 4) is 0 Å². The largest absolute Gasteiger partial charge is 0.374 e. The predicted molar refractivity (Wildman–Crippen MR) is 224 cm³/mol. The van der Waals surface area contributed by atoms with Crippen LogP contribution in [0.2, 0.25) is 0 Å². The number of rotatable bonds is 41. The topological polar surface area (TPSA) is 49.9 Å². The van der Waals surface area contributed by atoms with Gasteiger partial charge in [-0.1, -0.05) is 175 Å². The van der Waals surface area contributed by atoms with Gasteiger partial charge in [0.2, 0.25) is 5.91 Å². The number of hydrogen-bond donors (Lipinski definition) is 0. The number of aldehydes is 1. The van der Waals surface area contributed by atoms with E-state index in [9.17, 15) is 9.59 Å². The molecule has 0 heterocycles. The number of halogens is 1. The number of nitrogens with zero attached hydrogens (tertiary/aromatic N) is 2. The molecule has 0 spiro atoms. The number of amides is 1. The van der Waals surface area contributed by atoms with Gasteiger partial charge in [-0.3, -0.25) is 9.59 Å². The minimum absolute atomic E-state index is 0.0563. The van der Waals surface area contributed by atoms with Crippen LogP contribution in [0.5, 0.6) is 0 Å². The highest BCUT2D eigenvalue weighted by atomic mass is 19.1. The molecular weight excluding hydrogens is 648 g/mol. The number of hydrogen-bond acceptors (Lipinski definition) is 4. The molecule has 6 heteroatoms. The lowest BCUT2D eigenvalue weighted by Gasteiger charge is -2.33.